The minimum Gasteiger partial charge on any atom is -0.353 e. The van der Waals surface area contributed by atoms with Crippen molar-refractivity contribution in [1.82, 2.24) is 15.2 Å². The van der Waals surface area contributed by atoms with Gasteiger partial charge in [-0.15, -0.1) is 11.3 Å². The molecule has 4 rings (SSSR count). The Morgan fingerprint density at radius 1 is 1.15 bits per heavy atom. The van der Waals surface area contributed by atoms with Crippen molar-refractivity contribution in [3.05, 3.63) is 40.4 Å². The summed E-state index contributed by atoms with van der Waals surface area (Å²) in [6.07, 6.45) is 5.27. The maximum absolute atomic E-state index is 12.8. The Balaban J connectivity index is 1.38. The molecule has 0 radical (unpaired) electrons. The van der Waals surface area contributed by atoms with Crippen molar-refractivity contribution in [2.75, 3.05) is 13.1 Å². The van der Waals surface area contributed by atoms with Crippen LogP contribution < -0.4 is 5.32 Å². The van der Waals surface area contributed by atoms with Gasteiger partial charge in [0.15, 0.2) is 0 Å². The number of likely N-dealkylation sites (tertiary alicyclic amines) is 1. The number of aromatic nitrogens is 1. The highest BCUT2D eigenvalue weighted by Crippen LogP contribution is 2.32. The first-order valence-corrected chi connectivity index (χ1v) is 10.1. The molecule has 1 aliphatic carbocycles. The van der Waals surface area contributed by atoms with Crippen LogP contribution in [0.4, 0.5) is 0 Å². The Kier molecular flexibility index (Phi) is 4.96. The van der Waals surface area contributed by atoms with E-state index in [-0.39, 0.29) is 17.7 Å². The van der Waals surface area contributed by atoms with Crippen LogP contribution >= 0.6 is 22.9 Å². The molecule has 0 unspecified atom stereocenters. The van der Waals surface area contributed by atoms with Crippen molar-refractivity contribution in [3.8, 4) is 10.6 Å². The number of hydrogen-bond donors (Lipinski definition) is 1. The topological polar surface area (TPSA) is 62.3 Å². The number of rotatable bonds is 4. The van der Waals surface area contributed by atoms with Gasteiger partial charge in [-0.1, -0.05) is 29.8 Å². The zero-order valence-corrected chi connectivity index (χ0v) is 15.9. The van der Waals surface area contributed by atoms with E-state index in [1.54, 1.807) is 6.20 Å². The van der Waals surface area contributed by atoms with Crippen molar-refractivity contribution in [2.24, 2.45) is 5.92 Å². The molecule has 2 amide bonds. The first-order chi connectivity index (χ1) is 12.6. The first kappa shape index (κ1) is 17.5. The number of carbonyl (C=O) groups excluding carboxylic acids is 2. The molecular formula is C19H20ClN3O2S. The summed E-state index contributed by atoms with van der Waals surface area (Å²) in [4.78, 5) is 31.7. The number of benzene rings is 1. The summed E-state index contributed by atoms with van der Waals surface area (Å²) >= 11 is 7.58. The van der Waals surface area contributed by atoms with Crippen LogP contribution in [-0.2, 0) is 4.79 Å². The summed E-state index contributed by atoms with van der Waals surface area (Å²) in [6.45, 7) is 1.22. The van der Waals surface area contributed by atoms with Crippen LogP contribution in [0.1, 0.15) is 35.4 Å². The second-order valence-corrected chi connectivity index (χ2v) is 8.30. The van der Waals surface area contributed by atoms with Gasteiger partial charge in [0.1, 0.15) is 9.88 Å². The molecule has 1 saturated carbocycles. The van der Waals surface area contributed by atoms with Crippen molar-refractivity contribution in [3.63, 3.8) is 0 Å². The predicted molar refractivity (Wildman–Crippen MR) is 102 cm³/mol. The van der Waals surface area contributed by atoms with Gasteiger partial charge in [-0.2, -0.15) is 0 Å². The molecule has 0 atom stereocenters. The molecule has 2 heterocycles. The van der Waals surface area contributed by atoms with E-state index in [9.17, 15) is 9.59 Å². The van der Waals surface area contributed by atoms with Crippen LogP contribution in [0.5, 0.6) is 0 Å². The number of carbonyl (C=O) groups is 2. The van der Waals surface area contributed by atoms with Crippen molar-refractivity contribution in [2.45, 2.75) is 31.7 Å². The monoisotopic (exact) mass is 389 g/mol. The molecule has 2 aromatic rings. The molecule has 0 spiro atoms. The third kappa shape index (κ3) is 3.76. The Hall–Kier alpha value is -1.92. The summed E-state index contributed by atoms with van der Waals surface area (Å²) in [6, 6.07) is 7.88. The van der Waals surface area contributed by atoms with E-state index < -0.39 is 0 Å². The second kappa shape index (κ2) is 7.37. The molecular weight excluding hydrogens is 370 g/mol. The van der Waals surface area contributed by atoms with E-state index in [2.05, 4.69) is 10.3 Å². The van der Waals surface area contributed by atoms with Crippen molar-refractivity contribution >= 4 is 34.8 Å². The Labute approximate surface area is 161 Å². The fourth-order valence-electron chi connectivity index (χ4n) is 3.18. The standard InChI is InChI=1S/C19H20ClN3O2S/c20-15-4-2-1-3-14(15)18-21-11-16(26-18)19(25)23-9-7-12(8-10-23)17(24)22-13-5-6-13/h1-4,11-13H,5-10H2,(H,22,24). The maximum atomic E-state index is 12.8. The lowest BCUT2D eigenvalue weighted by Gasteiger charge is -2.31. The van der Waals surface area contributed by atoms with Gasteiger partial charge >= 0.3 is 0 Å². The molecule has 1 aliphatic heterocycles. The molecule has 2 fully saturated rings. The van der Waals surface area contributed by atoms with Crippen molar-refractivity contribution in [1.29, 1.82) is 0 Å². The quantitative estimate of drug-likeness (QED) is 0.869. The Morgan fingerprint density at radius 2 is 1.88 bits per heavy atom. The lowest BCUT2D eigenvalue weighted by atomic mass is 9.96. The minimum absolute atomic E-state index is 0.0122. The summed E-state index contributed by atoms with van der Waals surface area (Å²) < 4.78 is 0. The van der Waals surface area contributed by atoms with E-state index in [0.717, 1.165) is 36.3 Å². The smallest absolute Gasteiger partial charge is 0.265 e. The molecule has 1 aromatic carbocycles. The maximum Gasteiger partial charge on any atom is 0.265 e. The third-order valence-electron chi connectivity index (χ3n) is 4.90. The summed E-state index contributed by atoms with van der Waals surface area (Å²) in [7, 11) is 0. The predicted octanol–water partition coefficient (Wildman–Crippen LogP) is 3.59. The number of thiazole rings is 1. The van der Waals surface area contributed by atoms with E-state index in [0.29, 0.717) is 29.0 Å². The van der Waals surface area contributed by atoms with E-state index in [1.807, 2.05) is 29.2 Å². The molecule has 1 saturated heterocycles. The molecule has 26 heavy (non-hydrogen) atoms. The van der Waals surface area contributed by atoms with Gasteiger partial charge in [0.05, 0.1) is 11.2 Å². The van der Waals surface area contributed by atoms with Gasteiger partial charge in [-0.25, -0.2) is 4.98 Å². The highest BCUT2D eigenvalue weighted by Gasteiger charge is 2.31. The third-order valence-corrected chi connectivity index (χ3v) is 6.25. The van der Waals surface area contributed by atoms with E-state index >= 15 is 0 Å². The molecule has 0 bridgehead atoms. The lowest BCUT2D eigenvalue weighted by Crippen LogP contribution is -2.43. The van der Waals surface area contributed by atoms with Crippen LogP contribution in [0.3, 0.4) is 0 Å². The molecule has 136 valence electrons. The fourth-order valence-corrected chi connectivity index (χ4v) is 4.38. The van der Waals surface area contributed by atoms with Gasteiger partial charge in [0.25, 0.3) is 5.91 Å². The fraction of sp³-hybridized carbons (Fsp3) is 0.421. The average molecular weight is 390 g/mol. The number of nitrogens with one attached hydrogen (secondary N) is 1. The zero-order valence-electron chi connectivity index (χ0n) is 14.3. The van der Waals surface area contributed by atoms with Crippen LogP contribution in [-0.4, -0.2) is 40.8 Å². The first-order valence-electron chi connectivity index (χ1n) is 8.92. The number of nitrogens with zero attached hydrogens (tertiary/aromatic N) is 2. The molecule has 1 aromatic heterocycles. The van der Waals surface area contributed by atoms with Crippen LogP contribution in [0.15, 0.2) is 30.5 Å². The SMILES string of the molecule is O=C(NC1CC1)C1CCN(C(=O)c2cnc(-c3ccccc3Cl)s2)CC1. The summed E-state index contributed by atoms with van der Waals surface area (Å²) in [5.74, 6) is 0.167. The van der Waals surface area contributed by atoms with Gasteiger partial charge in [0, 0.05) is 30.6 Å². The van der Waals surface area contributed by atoms with Crippen LogP contribution in [0, 0.1) is 5.92 Å². The van der Waals surface area contributed by atoms with Crippen LogP contribution in [0.2, 0.25) is 5.02 Å². The van der Waals surface area contributed by atoms with Gasteiger partial charge in [0.2, 0.25) is 5.91 Å². The molecule has 7 heteroatoms. The molecule has 2 aliphatic rings. The van der Waals surface area contributed by atoms with Gasteiger partial charge in [-0.05, 0) is 31.7 Å². The number of amides is 2. The second-order valence-electron chi connectivity index (χ2n) is 6.86. The van der Waals surface area contributed by atoms with Gasteiger partial charge < -0.3 is 10.2 Å². The van der Waals surface area contributed by atoms with Gasteiger partial charge in [-0.3, -0.25) is 9.59 Å². The average Bonchev–Trinajstić information content (AvgIpc) is 3.34. The molecule has 5 nitrogen and oxygen atoms in total. The van der Waals surface area contributed by atoms with Crippen LogP contribution in [0.25, 0.3) is 10.6 Å². The summed E-state index contributed by atoms with van der Waals surface area (Å²) in [5, 5.41) is 4.44. The highest BCUT2D eigenvalue weighted by molar-refractivity contribution is 7.17. The van der Waals surface area contributed by atoms with E-state index in [4.69, 9.17) is 11.6 Å². The minimum atomic E-state index is -0.0122. The summed E-state index contributed by atoms with van der Waals surface area (Å²) in [5.41, 5.74) is 0.841. The largest absolute Gasteiger partial charge is 0.353 e. The van der Waals surface area contributed by atoms with E-state index in [1.165, 1.54) is 11.3 Å². The number of piperidine rings is 1. The number of halogens is 1. The Morgan fingerprint density at radius 3 is 2.58 bits per heavy atom. The lowest BCUT2D eigenvalue weighted by molar-refractivity contribution is -0.126. The molecule has 1 N–H and O–H groups in total. The number of hydrogen-bond acceptors (Lipinski definition) is 4. The zero-order chi connectivity index (χ0) is 18.1. The Bertz CT molecular complexity index is 826. The highest BCUT2D eigenvalue weighted by atomic mass is 35.5. The van der Waals surface area contributed by atoms with Crippen molar-refractivity contribution < 1.29 is 9.59 Å². The normalized spacial score (nSPS) is 18.0.